The summed E-state index contributed by atoms with van der Waals surface area (Å²) in [7, 11) is 0. The van der Waals surface area contributed by atoms with Gasteiger partial charge in [-0.25, -0.2) is 0 Å². The van der Waals surface area contributed by atoms with Crippen LogP contribution in [0.3, 0.4) is 0 Å². The summed E-state index contributed by atoms with van der Waals surface area (Å²) in [5.74, 6) is 1.18. The smallest absolute Gasteiger partial charge is 0.269 e. The minimum atomic E-state index is -0.334. The highest BCUT2D eigenvalue weighted by Gasteiger charge is 2.25. The molecule has 1 aromatic rings. The Labute approximate surface area is 124 Å². The lowest BCUT2D eigenvalue weighted by Crippen LogP contribution is -2.29. The lowest BCUT2D eigenvalue weighted by Gasteiger charge is -2.20. The fourth-order valence-electron chi connectivity index (χ4n) is 2.84. The largest absolute Gasteiger partial charge is 0.307 e. The second-order valence-electron chi connectivity index (χ2n) is 5.33. The monoisotopic (exact) mass is 294 g/mol. The first kappa shape index (κ1) is 15.3. The molecule has 3 atom stereocenters. The van der Waals surface area contributed by atoms with Gasteiger partial charge in [-0.15, -0.1) is 0 Å². The van der Waals surface area contributed by atoms with E-state index < -0.39 is 0 Å². The molecule has 0 bridgehead atoms. The number of hydrogen-bond donors (Lipinski definition) is 1. The van der Waals surface area contributed by atoms with Crippen LogP contribution in [0.1, 0.15) is 44.7 Å². The van der Waals surface area contributed by atoms with Gasteiger partial charge in [0.1, 0.15) is 0 Å². The van der Waals surface area contributed by atoms with E-state index in [-0.39, 0.29) is 16.7 Å². The van der Waals surface area contributed by atoms with Crippen LogP contribution in [0.25, 0.3) is 0 Å². The van der Waals surface area contributed by atoms with Crippen molar-refractivity contribution in [2.45, 2.75) is 50.4 Å². The number of nitro benzene ring substituents is 1. The Morgan fingerprint density at radius 1 is 1.50 bits per heavy atom. The number of nitro groups is 1. The topological polar surface area (TPSA) is 55.2 Å². The molecule has 1 aliphatic carbocycles. The molecule has 0 spiro atoms. The van der Waals surface area contributed by atoms with E-state index in [9.17, 15) is 10.1 Å². The van der Waals surface area contributed by atoms with Gasteiger partial charge >= 0.3 is 0 Å². The fraction of sp³-hybridized carbons (Fsp3) is 0.600. The van der Waals surface area contributed by atoms with Crippen molar-refractivity contribution < 1.29 is 4.92 Å². The van der Waals surface area contributed by atoms with E-state index in [4.69, 9.17) is 0 Å². The van der Waals surface area contributed by atoms with Crippen LogP contribution in [0.4, 0.5) is 5.69 Å². The summed E-state index contributed by atoms with van der Waals surface area (Å²) < 4.78 is 0. The van der Waals surface area contributed by atoms with Crippen LogP contribution in [-0.4, -0.2) is 22.0 Å². The molecule has 0 heterocycles. The van der Waals surface area contributed by atoms with Gasteiger partial charge in [0.2, 0.25) is 0 Å². The highest BCUT2D eigenvalue weighted by molar-refractivity contribution is 7.99. The zero-order chi connectivity index (χ0) is 14.5. The summed E-state index contributed by atoms with van der Waals surface area (Å²) in [4.78, 5) is 10.5. The third kappa shape index (κ3) is 3.96. The van der Waals surface area contributed by atoms with Crippen molar-refractivity contribution in [2.24, 2.45) is 0 Å². The molecule has 2 rings (SSSR count). The van der Waals surface area contributed by atoms with Crippen molar-refractivity contribution in [2.75, 3.05) is 5.75 Å². The predicted octanol–water partition coefficient (Wildman–Crippen LogP) is 3.92. The van der Waals surface area contributed by atoms with Crippen LogP contribution in [-0.2, 0) is 0 Å². The number of hydrogen-bond acceptors (Lipinski definition) is 4. The molecule has 0 radical (unpaired) electrons. The van der Waals surface area contributed by atoms with E-state index in [0.29, 0.717) is 6.04 Å². The molecule has 0 saturated heterocycles. The number of non-ortho nitro benzene ring substituents is 1. The second-order valence-corrected chi connectivity index (χ2v) is 6.91. The zero-order valence-corrected chi connectivity index (χ0v) is 12.9. The molecular formula is C15H22N2O2S. The van der Waals surface area contributed by atoms with Gasteiger partial charge in [0.15, 0.2) is 0 Å². The number of thioether (sulfide) groups is 1. The van der Waals surface area contributed by atoms with Gasteiger partial charge in [0.25, 0.3) is 5.69 Å². The molecule has 1 saturated carbocycles. The lowest BCUT2D eigenvalue weighted by molar-refractivity contribution is -0.384. The summed E-state index contributed by atoms with van der Waals surface area (Å²) in [5, 5.41) is 15.2. The average Bonchev–Trinajstić information content (AvgIpc) is 2.86. The van der Waals surface area contributed by atoms with Gasteiger partial charge in [-0.2, -0.15) is 11.8 Å². The Morgan fingerprint density at radius 2 is 2.30 bits per heavy atom. The van der Waals surface area contributed by atoms with E-state index in [0.717, 1.165) is 10.8 Å². The quantitative estimate of drug-likeness (QED) is 0.638. The van der Waals surface area contributed by atoms with Crippen LogP contribution in [0.15, 0.2) is 24.3 Å². The molecule has 0 aromatic heterocycles. The molecule has 0 aliphatic heterocycles. The van der Waals surface area contributed by atoms with Gasteiger partial charge in [-0.3, -0.25) is 10.1 Å². The normalized spacial score (nSPS) is 23.7. The molecule has 110 valence electrons. The summed E-state index contributed by atoms with van der Waals surface area (Å²) >= 11 is 2.04. The minimum absolute atomic E-state index is 0.158. The first-order chi connectivity index (χ1) is 9.60. The Balaban J connectivity index is 1.93. The molecular weight excluding hydrogens is 272 g/mol. The Morgan fingerprint density at radius 3 is 3.00 bits per heavy atom. The van der Waals surface area contributed by atoms with Crippen molar-refractivity contribution in [3.63, 3.8) is 0 Å². The molecule has 1 fully saturated rings. The van der Waals surface area contributed by atoms with Gasteiger partial charge in [0.05, 0.1) is 4.92 Å². The van der Waals surface area contributed by atoms with Crippen LogP contribution in [0.5, 0.6) is 0 Å². The van der Waals surface area contributed by atoms with Crippen molar-refractivity contribution >= 4 is 17.4 Å². The minimum Gasteiger partial charge on any atom is -0.307 e. The van der Waals surface area contributed by atoms with E-state index in [1.807, 2.05) is 17.8 Å². The molecule has 5 heteroatoms. The Kier molecular flexibility index (Phi) is 5.43. The van der Waals surface area contributed by atoms with Gasteiger partial charge in [-0.1, -0.05) is 19.1 Å². The average molecular weight is 294 g/mol. The lowest BCUT2D eigenvalue weighted by atomic mass is 10.1. The predicted molar refractivity (Wildman–Crippen MR) is 84.2 cm³/mol. The SMILES string of the molecule is CCSC1CCC(NC(C)c2cccc([N+](=O)[O-])c2)C1. The summed E-state index contributed by atoms with van der Waals surface area (Å²) in [6, 6.07) is 7.62. The van der Waals surface area contributed by atoms with Crippen LogP contribution >= 0.6 is 11.8 Å². The highest BCUT2D eigenvalue weighted by Crippen LogP contribution is 2.31. The maximum absolute atomic E-state index is 10.8. The first-order valence-electron chi connectivity index (χ1n) is 7.22. The highest BCUT2D eigenvalue weighted by atomic mass is 32.2. The molecule has 3 unspecified atom stereocenters. The van der Waals surface area contributed by atoms with Crippen LogP contribution < -0.4 is 5.32 Å². The van der Waals surface area contributed by atoms with Crippen LogP contribution in [0.2, 0.25) is 0 Å². The van der Waals surface area contributed by atoms with Crippen molar-refractivity contribution in [1.29, 1.82) is 0 Å². The Bertz CT molecular complexity index is 467. The number of benzene rings is 1. The second kappa shape index (κ2) is 7.09. The van der Waals surface area contributed by atoms with Crippen molar-refractivity contribution in [3.05, 3.63) is 39.9 Å². The molecule has 1 aliphatic rings. The standard InChI is InChI=1S/C15H22N2O2S/c1-3-20-15-8-7-13(10-15)16-11(2)12-5-4-6-14(9-12)17(18)19/h4-6,9,11,13,15-16H,3,7-8,10H2,1-2H3. The van der Waals surface area contributed by atoms with Crippen molar-refractivity contribution in [3.8, 4) is 0 Å². The van der Waals surface area contributed by atoms with Gasteiger partial charge in [-0.05, 0) is 37.5 Å². The van der Waals surface area contributed by atoms with Crippen LogP contribution in [0, 0.1) is 10.1 Å². The zero-order valence-electron chi connectivity index (χ0n) is 12.0. The summed E-state index contributed by atoms with van der Waals surface area (Å²) in [5.41, 5.74) is 1.16. The summed E-state index contributed by atoms with van der Waals surface area (Å²) in [6.07, 6.45) is 3.69. The van der Waals surface area contributed by atoms with E-state index in [1.165, 1.54) is 25.0 Å². The maximum Gasteiger partial charge on any atom is 0.269 e. The van der Waals surface area contributed by atoms with Gasteiger partial charge < -0.3 is 5.32 Å². The first-order valence-corrected chi connectivity index (χ1v) is 8.27. The number of nitrogens with zero attached hydrogens (tertiary/aromatic N) is 1. The molecule has 20 heavy (non-hydrogen) atoms. The third-order valence-corrected chi connectivity index (χ3v) is 5.09. The molecule has 0 amide bonds. The fourth-order valence-corrected chi connectivity index (χ4v) is 3.98. The van der Waals surface area contributed by atoms with E-state index >= 15 is 0 Å². The van der Waals surface area contributed by atoms with E-state index in [2.05, 4.69) is 19.2 Å². The van der Waals surface area contributed by atoms with Gasteiger partial charge in [0, 0.05) is 29.5 Å². The molecule has 4 nitrogen and oxygen atoms in total. The van der Waals surface area contributed by atoms with Crippen molar-refractivity contribution in [1.82, 2.24) is 5.32 Å². The Hall–Kier alpha value is -1.07. The maximum atomic E-state index is 10.8. The molecule has 1 N–H and O–H groups in total. The number of nitrogens with one attached hydrogen (secondary N) is 1. The summed E-state index contributed by atoms with van der Waals surface area (Å²) in [6.45, 7) is 4.29. The third-order valence-electron chi connectivity index (χ3n) is 3.85. The van der Waals surface area contributed by atoms with E-state index in [1.54, 1.807) is 18.2 Å². The molecule has 1 aromatic carbocycles. The number of rotatable bonds is 6.